The van der Waals surface area contributed by atoms with Gasteiger partial charge in [0.1, 0.15) is 0 Å². The van der Waals surface area contributed by atoms with Gasteiger partial charge in [0.25, 0.3) is 0 Å². The molecule has 0 saturated heterocycles. The quantitative estimate of drug-likeness (QED) is 0.263. The molecule has 0 saturated carbocycles. The zero-order chi connectivity index (χ0) is 15.8. The Labute approximate surface area is 133 Å². The van der Waals surface area contributed by atoms with Crippen LogP contribution in [-0.4, -0.2) is 13.1 Å². The van der Waals surface area contributed by atoms with Gasteiger partial charge in [0, 0.05) is 6.42 Å². The largest absolute Gasteiger partial charge is 0.469 e. The van der Waals surface area contributed by atoms with Gasteiger partial charge >= 0.3 is 5.97 Å². The predicted octanol–water partition coefficient (Wildman–Crippen LogP) is 6.28. The third-order valence-corrected chi connectivity index (χ3v) is 4.50. The number of carbonyl (C=O) groups is 1. The number of hydrogen-bond donors (Lipinski definition) is 0. The van der Waals surface area contributed by atoms with Crippen LogP contribution >= 0.6 is 0 Å². The number of hydrogen-bond acceptors (Lipinski definition) is 2. The van der Waals surface area contributed by atoms with Crippen LogP contribution in [0.25, 0.3) is 0 Å². The molecule has 1 atom stereocenters. The van der Waals surface area contributed by atoms with Gasteiger partial charge < -0.3 is 4.74 Å². The van der Waals surface area contributed by atoms with Crippen molar-refractivity contribution in [2.45, 2.75) is 104 Å². The lowest BCUT2D eigenvalue weighted by Gasteiger charge is -2.07. The summed E-state index contributed by atoms with van der Waals surface area (Å²) in [5, 5.41) is 0. The zero-order valence-electron chi connectivity index (χ0n) is 14.8. The van der Waals surface area contributed by atoms with Crippen LogP contribution < -0.4 is 0 Å². The van der Waals surface area contributed by atoms with E-state index in [0.29, 0.717) is 6.42 Å². The number of carbonyl (C=O) groups excluding carboxylic acids is 1. The first-order chi connectivity index (χ1) is 10.2. The molecule has 0 rings (SSSR count). The monoisotopic (exact) mass is 298 g/mol. The van der Waals surface area contributed by atoms with Gasteiger partial charge in [-0.05, 0) is 12.3 Å². The van der Waals surface area contributed by atoms with Gasteiger partial charge in [-0.15, -0.1) is 0 Å². The van der Waals surface area contributed by atoms with Crippen LogP contribution in [0, 0.1) is 5.92 Å². The van der Waals surface area contributed by atoms with Crippen molar-refractivity contribution >= 4 is 5.97 Å². The van der Waals surface area contributed by atoms with Crippen molar-refractivity contribution in [1.29, 1.82) is 0 Å². The fourth-order valence-electron chi connectivity index (χ4n) is 2.66. The van der Waals surface area contributed by atoms with Gasteiger partial charge in [0.2, 0.25) is 0 Å². The minimum atomic E-state index is -0.0664. The molecular weight excluding hydrogens is 260 g/mol. The summed E-state index contributed by atoms with van der Waals surface area (Å²) in [6.45, 7) is 4.66. The van der Waals surface area contributed by atoms with E-state index in [4.69, 9.17) is 0 Å². The van der Waals surface area contributed by atoms with Crippen molar-refractivity contribution in [3.63, 3.8) is 0 Å². The van der Waals surface area contributed by atoms with Crippen LogP contribution in [0.15, 0.2) is 0 Å². The van der Waals surface area contributed by atoms with E-state index in [1.807, 2.05) is 0 Å². The number of esters is 1. The highest BCUT2D eigenvalue weighted by Gasteiger charge is 2.00. The SMILES string of the molecule is CC[C@@H](C)CCCCCCCCCCCCCC(=O)OC. The summed E-state index contributed by atoms with van der Waals surface area (Å²) in [5.74, 6) is 0.854. The van der Waals surface area contributed by atoms with E-state index in [2.05, 4.69) is 18.6 Å². The molecule has 0 N–H and O–H groups in total. The molecule has 0 aromatic heterocycles. The lowest BCUT2D eigenvalue weighted by Crippen LogP contribution is -1.99. The van der Waals surface area contributed by atoms with Gasteiger partial charge in [-0.2, -0.15) is 0 Å². The number of methoxy groups -OCH3 is 1. The molecule has 0 aliphatic rings. The molecule has 0 spiro atoms. The average Bonchev–Trinajstić information content (AvgIpc) is 2.51. The third-order valence-electron chi connectivity index (χ3n) is 4.50. The van der Waals surface area contributed by atoms with Gasteiger partial charge in [-0.3, -0.25) is 4.79 Å². The zero-order valence-corrected chi connectivity index (χ0v) is 14.8. The first-order valence-corrected chi connectivity index (χ1v) is 9.27. The fourth-order valence-corrected chi connectivity index (χ4v) is 2.66. The van der Waals surface area contributed by atoms with Crippen LogP contribution in [0.3, 0.4) is 0 Å². The molecule has 21 heavy (non-hydrogen) atoms. The van der Waals surface area contributed by atoms with Crippen molar-refractivity contribution in [3.8, 4) is 0 Å². The Morgan fingerprint density at radius 1 is 0.810 bits per heavy atom. The summed E-state index contributed by atoms with van der Waals surface area (Å²) in [6.07, 6.45) is 18.0. The van der Waals surface area contributed by atoms with Crippen molar-refractivity contribution in [1.82, 2.24) is 0 Å². The predicted molar refractivity (Wildman–Crippen MR) is 91.5 cm³/mol. The Bertz CT molecular complexity index is 226. The highest BCUT2D eigenvalue weighted by Crippen LogP contribution is 2.15. The van der Waals surface area contributed by atoms with E-state index < -0.39 is 0 Å². The van der Waals surface area contributed by atoms with E-state index >= 15 is 0 Å². The van der Waals surface area contributed by atoms with Crippen molar-refractivity contribution in [2.75, 3.05) is 7.11 Å². The molecular formula is C19H38O2. The van der Waals surface area contributed by atoms with Crippen LogP contribution in [0.2, 0.25) is 0 Å². The van der Waals surface area contributed by atoms with Crippen molar-refractivity contribution in [2.24, 2.45) is 5.92 Å². The minimum absolute atomic E-state index is 0.0664. The molecule has 0 aliphatic carbocycles. The van der Waals surface area contributed by atoms with Crippen LogP contribution in [0.4, 0.5) is 0 Å². The maximum Gasteiger partial charge on any atom is 0.305 e. The minimum Gasteiger partial charge on any atom is -0.469 e. The summed E-state index contributed by atoms with van der Waals surface area (Å²) in [4.78, 5) is 10.9. The summed E-state index contributed by atoms with van der Waals surface area (Å²) in [5.41, 5.74) is 0. The van der Waals surface area contributed by atoms with Gasteiger partial charge in [0.15, 0.2) is 0 Å². The summed E-state index contributed by atoms with van der Waals surface area (Å²) in [6, 6.07) is 0. The molecule has 0 radical (unpaired) electrons. The molecule has 2 nitrogen and oxygen atoms in total. The Morgan fingerprint density at radius 3 is 1.67 bits per heavy atom. The lowest BCUT2D eigenvalue weighted by atomic mass is 9.99. The summed E-state index contributed by atoms with van der Waals surface area (Å²) < 4.78 is 4.63. The topological polar surface area (TPSA) is 26.3 Å². The van der Waals surface area contributed by atoms with E-state index in [9.17, 15) is 4.79 Å². The molecule has 0 bridgehead atoms. The lowest BCUT2D eigenvalue weighted by molar-refractivity contribution is -0.140. The third kappa shape index (κ3) is 15.7. The summed E-state index contributed by atoms with van der Waals surface area (Å²) in [7, 11) is 1.47. The van der Waals surface area contributed by atoms with E-state index in [-0.39, 0.29) is 5.97 Å². The highest BCUT2D eigenvalue weighted by molar-refractivity contribution is 5.68. The maximum atomic E-state index is 10.9. The molecule has 2 heteroatoms. The molecule has 0 fully saturated rings. The molecule has 0 heterocycles. The molecule has 0 aromatic rings. The van der Waals surface area contributed by atoms with Gasteiger partial charge in [-0.25, -0.2) is 0 Å². The number of ether oxygens (including phenoxy) is 1. The maximum absolute atomic E-state index is 10.9. The normalized spacial score (nSPS) is 12.3. The molecule has 0 aromatic carbocycles. The van der Waals surface area contributed by atoms with Gasteiger partial charge in [0.05, 0.1) is 7.11 Å². The highest BCUT2D eigenvalue weighted by atomic mass is 16.5. The first kappa shape index (κ1) is 20.5. The van der Waals surface area contributed by atoms with Gasteiger partial charge in [-0.1, -0.05) is 90.9 Å². The summed E-state index contributed by atoms with van der Waals surface area (Å²) >= 11 is 0. The Hall–Kier alpha value is -0.530. The van der Waals surface area contributed by atoms with E-state index in [1.54, 1.807) is 0 Å². The van der Waals surface area contributed by atoms with Crippen LogP contribution in [-0.2, 0) is 9.53 Å². The average molecular weight is 299 g/mol. The standard InChI is InChI=1S/C19H38O2/c1-4-18(2)16-14-12-10-8-6-5-7-9-11-13-15-17-19(20)21-3/h18H,4-17H2,1-3H3/t18-/m1/s1. The smallest absolute Gasteiger partial charge is 0.305 e. The molecule has 0 aliphatic heterocycles. The molecule has 126 valence electrons. The van der Waals surface area contributed by atoms with Crippen LogP contribution in [0.5, 0.6) is 0 Å². The Balaban J connectivity index is 3.04. The molecule has 0 unspecified atom stereocenters. The molecule has 0 amide bonds. The van der Waals surface area contributed by atoms with Crippen molar-refractivity contribution < 1.29 is 9.53 Å². The second-order valence-electron chi connectivity index (χ2n) is 6.52. The second-order valence-corrected chi connectivity index (χ2v) is 6.52. The van der Waals surface area contributed by atoms with E-state index in [0.717, 1.165) is 12.3 Å². The Kier molecular flexibility index (Phi) is 15.5. The number of unbranched alkanes of at least 4 members (excludes halogenated alkanes) is 10. The second kappa shape index (κ2) is 15.9. The van der Waals surface area contributed by atoms with Crippen molar-refractivity contribution in [3.05, 3.63) is 0 Å². The van der Waals surface area contributed by atoms with E-state index in [1.165, 1.54) is 84.2 Å². The van der Waals surface area contributed by atoms with Crippen LogP contribution in [0.1, 0.15) is 104 Å². The number of rotatable bonds is 15. The Morgan fingerprint density at radius 2 is 1.24 bits per heavy atom. The fraction of sp³-hybridized carbons (Fsp3) is 0.947. The first-order valence-electron chi connectivity index (χ1n) is 9.27.